The Labute approximate surface area is 128 Å². The van der Waals surface area contributed by atoms with Gasteiger partial charge in [-0.2, -0.15) is 0 Å². The van der Waals surface area contributed by atoms with Crippen molar-refractivity contribution in [1.29, 1.82) is 0 Å². The minimum absolute atomic E-state index is 0.0142. The largest absolute Gasteiger partial charge is 0.488 e. The fraction of sp³-hybridized carbons (Fsp3) is 0.200. The van der Waals surface area contributed by atoms with E-state index in [1.165, 1.54) is 6.20 Å². The van der Waals surface area contributed by atoms with E-state index in [4.69, 9.17) is 33.7 Å². The summed E-state index contributed by atoms with van der Waals surface area (Å²) in [4.78, 5) is 3.21. The van der Waals surface area contributed by atoms with Crippen molar-refractivity contribution in [3.05, 3.63) is 40.1 Å². The molecule has 20 heavy (non-hydrogen) atoms. The van der Waals surface area contributed by atoms with E-state index in [1.54, 1.807) is 12.2 Å². The van der Waals surface area contributed by atoms with Crippen LogP contribution < -0.4 is 10.5 Å². The van der Waals surface area contributed by atoms with E-state index in [-0.39, 0.29) is 6.10 Å². The Bertz CT molecular complexity index is 687. The predicted octanol–water partition coefficient (Wildman–Crippen LogP) is 4.83. The van der Waals surface area contributed by atoms with Crippen LogP contribution in [0.2, 0.25) is 10.0 Å². The van der Waals surface area contributed by atoms with Crippen molar-refractivity contribution in [3.8, 4) is 5.75 Å². The van der Waals surface area contributed by atoms with Gasteiger partial charge in [-0.3, -0.25) is 0 Å². The van der Waals surface area contributed by atoms with Gasteiger partial charge in [0.1, 0.15) is 5.02 Å². The summed E-state index contributed by atoms with van der Waals surface area (Å²) in [6.45, 7) is 7.62. The highest BCUT2D eigenvalue weighted by Crippen LogP contribution is 2.41. The number of ether oxygens (including phenoxy) is 1. The van der Waals surface area contributed by atoms with E-state index in [0.717, 1.165) is 22.2 Å². The third kappa shape index (κ3) is 2.51. The molecule has 1 aromatic heterocycles. The molecule has 0 saturated carbocycles. The summed E-state index contributed by atoms with van der Waals surface area (Å²) in [5.41, 5.74) is 7.98. The van der Waals surface area contributed by atoms with Gasteiger partial charge in [-0.05, 0) is 38.3 Å². The number of nitrogens with one attached hydrogen (secondary N) is 1. The average molecular weight is 311 g/mol. The molecule has 0 bridgehead atoms. The summed E-state index contributed by atoms with van der Waals surface area (Å²) in [6.07, 6.45) is 4.95. The molecule has 0 amide bonds. The summed E-state index contributed by atoms with van der Waals surface area (Å²) in [5.74, 6) is 0.482. The zero-order chi connectivity index (χ0) is 14.9. The zero-order valence-corrected chi connectivity index (χ0v) is 12.8. The first-order chi connectivity index (χ1) is 9.49. The fourth-order valence-electron chi connectivity index (χ4n) is 2.06. The van der Waals surface area contributed by atoms with Crippen molar-refractivity contribution in [3.63, 3.8) is 0 Å². The van der Waals surface area contributed by atoms with E-state index in [0.29, 0.717) is 15.8 Å². The molecule has 0 saturated heterocycles. The summed E-state index contributed by atoms with van der Waals surface area (Å²) >= 11 is 12.7. The van der Waals surface area contributed by atoms with Gasteiger partial charge in [-0.1, -0.05) is 29.8 Å². The van der Waals surface area contributed by atoms with Gasteiger partial charge < -0.3 is 15.5 Å². The van der Waals surface area contributed by atoms with Crippen LogP contribution in [0.5, 0.6) is 5.75 Å². The number of aromatic nitrogens is 1. The molecule has 5 heteroatoms. The number of H-pyrrole nitrogens is 1. The van der Waals surface area contributed by atoms with Crippen LogP contribution in [0.25, 0.3) is 23.1 Å². The molecule has 106 valence electrons. The van der Waals surface area contributed by atoms with Gasteiger partial charge in [0.05, 0.1) is 16.6 Å². The van der Waals surface area contributed by atoms with Crippen LogP contribution in [-0.2, 0) is 0 Å². The van der Waals surface area contributed by atoms with Crippen LogP contribution in [0.4, 0.5) is 0 Å². The normalized spacial score (nSPS) is 11.7. The number of aromatic amines is 1. The third-order valence-electron chi connectivity index (χ3n) is 2.84. The van der Waals surface area contributed by atoms with Crippen molar-refractivity contribution >= 4 is 46.3 Å². The molecule has 3 nitrogen and oxygen atoms in total. The number of halogens is 2. The summed E-state index contributed by atoms with van der Waals surface area (Å²) in [7, 11) is 0. The molecule has 0 aliphatic rings. The SMILES string of the molecule is C=Cc1[nH]c2c(Cl)c(OC(C)C)c(Cl)cc2c1/C=C\N. The molecule has 0 fully saturated rings. The minimum Gasteiger partial charge on any atom is -0.488 e. The molecule has 0 radical (unpaired) electrons. The number of nitrogens with two attached hydrogens (primary N) is 1. The molecule has 0 aliphatic heterocycles. The number of hydrogen-bond acceptors (Lipinski definition) is 2. The molecule has 3 N–H and O–H groups in total. The second kappa shape index (κ2) is 5.81. The predicted molar refractivity (Wildman–Crippen MR) is 87.4 cm³/mol. The second-order valence-electron chi connectivity index (χ2n) is 4.61. The van der Waals surface area contributed by atoms with Gasteiger partial charge in [0.15, 0.2) is 5.75 Å². The number of benzene rings is 1. The Balaban J connectivity index is 2.77. The Hall–Kier alpha value is -1.58. The highest BCUT2D eigenvalue weighted by atomic mass is 35.5. The Kier molecular flexibility index (Phi) is 4.31. The Morgan fingerprint density at radius 1 is 1.40 bits per heavy atom. The molecular weight excluding hydrogens is 295 g/mol. The van der Waals surface area contributed by atoms with Gasteiger partial charge in [-0.15, -0.1) is 0 Å². The molecule has 2 rings (SSSR count). The van der Waals surface area contributed by atoms with Crippen molar-refractivity contribution in [2.45, 2.75) is 20.0 Å². The van der Waals surface area contributed by atoms with Gasteiger partial charge in [0.25, 0.3) is 0 Å². The molecule has 1 heterocycles. The lowest BCUT2D eigenvalue weighted by Crippen LogP contribution is -2.06. The lowest BCUT2D eigenvalue weighted by Gasteiger charge is -2.13. The van der Waals surface area contributed by atoms with Crippen LogP contribution in [0, 0.1) is 0 Å². The van der Waals surface area contributed by atoms with Crippen LogP contribution in [0.15, 0.2) is 18.8 Å². The maximum absolute atomic E-state index is 6.40. The number of hydrogen-bond donors (Lipinski definition) is 2. The zero-order valence-electron chi connectivity index (χ0n) is 11.3. The van der Waals surface area contributed by atoms with E-state index in [2.05, 4.69) is 11.6 Å². The smallest absolute Gasteiger partial charge is 0.159 e. The van der Waals surface area contributed by atoms with E-state index >= 15 is 0 Å². The van der Waals surface area contributed by atoms with E-state index in [9.17, 15) is 0 Å². The van der Waals surface area contributed by atoms with Crippen molar-refractivity contribution in [2.75, 3.05) is 0 Å². The van der Waals surface area contributed by atoms with Gasteiger partial charge >= 0.3 is 0 Å². The lowest BCUT2D eigenvalue weighted by molar-refractivity contribution is 0.243. The maximum Gasteiger partial charge on any atom is 0.159 e. The van der Waals surface area contributed by atoms with Gasteiger partial charge in [0, 0.05) is 16.6 Å². The summed E-state index contributed by atoms with van der Waals surface area (Å²) < 4.78 is 5.67. The standard InChI is InChI=1S/C15H16Cl2N2O/c1-4-12-9(5-6-18)10-7-11(16)15(20-8(2)3)13(17)14(10)19-12/h4-8,19H,1,18H2,2-3H3/b6-5-. The Morgan fingerprint density at radius 3 is 2.65 bits per heavy atom. The monoisotopic (exact) mass is 310 g/mol. The molecule has 0 aliphatic carbocycles. The number of fused-ring (bicyclic) bond motifs is 1. The summed E-state index contributed by atoms with van der Waals surface area (Å²) in [5, 5.41) is 1.81. The highest BCUT2D eigenvalue weighted by molar-refractivity contribution is 6.41. The summed E-state index contributed by atoms with van der Waals surface area (Å²) in [6, 6.07) is 1.82. The fourth-order valence-corrected chi connectivity index (χ4v) is 2.66. The molecular formula is C15H16Cl2N2O. The minimum atomic E-state index is -0.0142. The molecule has 1 aromatic carbocycles. The Morgan fingerprint density at radius 2 is 2.10 bits per heavy atom. The first-order valence-electron chi connectivity index (χ1n) is 6.20. The molecule has 0 spiro atoms. The van der Waals surface area contributed by atoms with Crippen LogP contribution in [-0.4, -0.2) is 11.1 Å². The highest BCUT2D eigenvalue weighted by Gasteiger charge is 2.18. The van der Waals surface area contributed by atoms with Crippen LogP contribution >= 0.6 is 23.2 Å². The topological polar surface area (TPSA) is 51.0 Å². The van der Waals surface area contributed by atoms with Crippen molar-refractivity contribution in [1.82, 2.24) is 4.98 Å². The quantitative estimate of drug-likeness (QED) is 0.849. The van der Waals surface area contributed by atoms with Crippen molar-refractivity contribution < 1.29 is 4.74 Å². The average Bonchev–Trinajstić information content (AvgIpc) is 2.73. The van der Waals surface area contributed by atoms with Crippen molar-refractivity contribution in [2.24, 2.45) is 5.73 Å². The van der Waals surface area contributed by atoms with Crippen LogP contribution in [0.1, 0.15) is 25.1 Å². The van der Waals surface area contributed by atoms with E-state index < -0.39 is 0 Å². The van der Waals surface area contributed by atoms with Crippen LogP contribution in [0.3, 0.4) is 0 Å². The maximum atomic E-state index is 6.40. The first-order valence-corrected chi connectivity index (χ1v) is 6.96. The lowest BCUT2D eigenvalue weighted by atomic mass is 10.1. The second-order valence-corrected chi connectivity index (χ2v) is 5.39. The number of rotatable bonds is 4. The van der Waals surface area contributed by atoms with Gasteiger partial charge in [-0.25, -0.2) is 0 Å². The molecule has 0 unspecified atom stereocenters. The van der Waals surface area contributed by atoms with Gasteiger partial charge in [0.2, 0.25) is 0 Å². The van der Waals surface area contributed by atoms with E-state index in [1.807, 2.05) is 19.9 Å². The molecule has 2 aromatic rings. The molecule has 0 atom stereocenters. The first kappa shape index (κ1) is 14.8. The third-order valence-corrected chi connectivity index (χ3v) is 3.48.